The van der Waals surface area contributed by atoms with Crippen molar-refractivity contribution in [2.24, 2.45) is 0 Å². The van der Waals surface area contributed by atoms with Gasteiger partial charge in [0.2, 0.25) is 0 Å². The maximum Gasteiger partial charge on any atom is 0.166 e. The van der Waals surface area contributed by atoms with Gasteiger partial charge in [0.1, 0.15) is 5.69 Å². The summed E-state index contributed by atoms with van der Waals surface area (Å²) in [5, 5.41) is 4.62. The fraction of sp³-hybridized carbons (Fsp3) is 0.111. The van der Waals surface area contributed by atoms with Crippen molar-refractivity contribution in [2.75, 3.05) is 0 Å². The normalized spacial score (nSPS) is 10.5. The minimum atomic E-state index is 0.107. The molecule has 0 unspecified atom stereocenters. The first kappa shape index (κ1) is 13.3. The summed E-state index contributed by atoms with van der Waals surface area (Å²) in [5.41, 5.74) is 3.33. The Kier molecular flexibility index (Phi) is 3.65. The number of aromatic nitrogens is 2. The number of ketones is 1. The molecule has 0 radical (unpaired) electrons. The summed E-state index contributed by atoms with van der Waals surface area (Å²) in [6, 6.07) is 19.6. The van der Waals surface area contributed by atoms with Crippen LogP contribution in [0.4, 0.5) is 0 Å². The van der Waals surface area contributed by atoms with E-state index in [1.807, 2.05) is 73.8 Å². The lowest BCUT2D eigenvalue weighted by Gasteiger charge is -2.00. The predicted octanol–water partition coefficient (Wildman–Crippen LogP) is 4.13. The first-order chi connectivity index (χ1) is 10.3. The summed E-state index contributed by atoms with van der Waals surface area (Å²) in [6.07, 6.45) is 2.30. The highest BCUT2D eigenvalue weighted by atomic mass is 16.1. The zero-order valence-electron chi connectivity index (χ0n) is 11.9. The van der Waals surface area contributed by atoms with Gasteiger partial charge in [-0.05, 0) is 12.1 Å². The van der Waals surface area contributed by atoms with E-state index in [1.54, 1.807) is 4.68 Å². The lowest BCUT2D eigenvalue weighted by molar-refractivity contribution is 0.0989. The van der Waals surface area contributed by atoms with E-state index in [2.05, 4.69) is 5.10 Å². The first-order valence-electron chi connectivity index (χ1n) is 7.03. The second-order valence-corrected chi connectivity index (χ2v) is 4.81. The minimum absolute atomic E-state index is 0.107. The van der Waals surface area contributed by atoms with E-state index in [4.69, 9.17) is 0 Å². The van der Waals surface area contributed by atoms with Crippen molar-refractivity contribution >= 4 is 5.78 Å². The Labute approximate surface area is 123 Å². The van der Waals surface area contributed by atoms with E-state index in [0.717, 1.165) is 16.9 Å². The van der Waals surface area contributed by atoms with Gasteiger partial charge in [-0.25, -0.2) is 4.68 Å². The molecule has 0 amide bonds. The van der Waals surface area contributed by atoms with E-state index < -0.39 is 0 Å². The summed E-state index contributed by atoms with van der Waals surface area (Å²) in [5.74, 6) is 0.107. The van der Waals surface area contributed by atoms with Crippen LogP contribution < -0.4 is 0 Å². The summed E-state index contributed by atoms with van der Waals surface area (Å²) in [6.45, 7) is 1.87. The maximum atomic E-state index is 12.2. The lowest BCUT2D eigenvalue weighted by atomic mass is 10.0. The van der Waals surface area contributed by atoms with E-state index in [9.17, 15) is 4.79 Å². The number of benzene rings is 2. The molecule has 3 rings (SSSR count). The van der Waals surface area contributed by atoms with Crippen LogP contribution in [0.25, 0.3) is 16.9 Å². The quantitative estimate of drug-likeness (QED) is 0.671. The van der Waals surface area contributed by atoms with Gasteiger partial charge in [-0.3, -0.25) is 4.79 Å². The van der Waals surface area contributed by atoms with Crippen molar-refractivity contribution in [1.29, 1.82) is 0 Å². The van der Waals surface area contributed by atoms with E-state index in [-0.39, 0.29) is 5.78 Å². The maximum absolute atomic E-state index is 12.2. The smallest absolute Gasteiger partial charge is 0.166 e. The van der Waals surface area contributed by atoms with E-state index in [0.29, 0.717) is 12.0 Å². The fourth-order valence-electron chi connectivity index (χ4n) is 2.29. The molecule has 3 nitrogen and oxygen atoms in total. The third kappa shape index (κ3) is 2.63. The standard InChI is InChI=1S/C18H16N2O/c1-2-17(21)16-13-20(15-11-7-4-8-12-15)19-18(16)14-9-5-3-6-10-14/h3-13H,2H2,1H3. The Bertz CT molecular complexity index is 745. The molecule has 0 aliphatic carbocycles. The molecule has 0 fully saturated rings. The topological polar surface area (TPSA) is 34.9 Å². The van der Waals surface area contributed by atoms with Crippen molar-refractivity contribution in [3.8, 4) is 16.9 Å². The molecular weight excluding hydrogens is 260 g/mol. The molecule has 0 aliphatic heterocycles. The second-order valence-electron chi connectivity index (χ2n) is 4.81. The third-order valence-electron chi connectivity index (χ3n) is 3.40. The number of carbonyl (C=O) groups is 1. The number of nitrogens with zero attached hydrogens (tertiary/aromatic N) is 2. The molecule has 0 saturated carbocycles. The fourth-order valence-corrected chi connectivity index (χ4v) is 2.29. The van der Waals surface area contributed by atoms with Gasteiger partial charge in [-0.1, -0.05) is 55.5 Å². The van der Waals surface area contributed by atoms with Gasteiger partial charge >= 0.3 is 0 Å². The molecule has 3 heteroatoms. The summed E-state index contributed by atoms with van der Waals surface area (Å²) >= 11 is 0. The monoisotopic (exact) mass is 276 g/mol. The highest BCUT2D eigenvalue weighted by Crippen LogP contribution is 2.24. The molecule has 104 valence electrons. The lowest BCUT2D eigenvalue weighted by Crippen LogP contribution is -1.96. The molecule has 0 aliphatic rings. The van der Waals surface area contributed by atoms with Gasteiger partial charge in [-0.2, -0.15) is 5.10 Å². The highest BCUT2D eigenvalue weighted by Gasteiger charge is 2.16. The highest BCUT2D eigenvalue weighted by molar-refractivity contribution is 6.01. The van der Waals surface area contributed by atoms with Crippen LogP contribution in [0.5, 0.6) is 0 Å². The van der Waals surface area contributed by atoms with Crippen molar-refractivity contribution in [2.45, 2.75) is 13.3 Å². The van der Waals surface area contributed by atoms with Crippen LogP contribution in [0.1, 0.15) is 23.7 Å². The van der Waals surface area contributed by atoms with Gasteiger partial charge in [0.05, 0.1) is 11.3 Å². The average molecular weight is 276 g/mol. The number of hydrogen-bond donors (Lipinski definition) is 0. The number of hydrogen-bond acceptors (Lipinski definition) is 2. The molecule has 1 heterocycles. The Balaban J connectivity index is 2.14. The molecule has 1 aromatic heterocycles. The Morgan fingerprint density at radius 2 is 1.62 bits per heavy atom. The van der Waals surface area contributed by atoms with Crippen LogP contribution in [-0.2, 0) is 0 Å². The Hall–Kier alpha value is -2.68. The van der Waals surface area contributed by atoms with Crippen LogP contribution in [0.2, 0.25) is 0 Å². The van der Waals surface area contributed by atoms with Crippen LogP contribution in [-0.4, -0.2) is 15.6 Å². The Morgan fingerprint density at radius 1 is 1.00 bits per heavy atom. The number of Topliss-reactive ketones (excluding diaryl/α,β-unsaturated/α-hetero) is 1. The summed E-state index contributed by atoms with van der Waals surface area (Å²) < 4.78 is 1.77. The number of rotatable bonds is 4. The zero-order valence-corrected chi connectivity index (χ0v) is 11.9. The molecule has 0 atom stereocenters. The van der Waals surface area contributed by atoms with Crippen molar-refractivity contribution < 1.29 is 4.79 Å². The molecule has 0 N–H and O–H groups in total. The molecular formula is C18H16N2O. The number of para-hydroxylation sites is 1. The van der Waals surface area contributed by atoms with Gasteiger partial charge in [0, 0.05) is 18.2 Å². The summed E-state index contributed by atoms with van der Waals surface area (Å²) in [4.78, 5) is 12.2. The molecule has 0 bridgehead atoms. The number of carbonyl (C=O) groups excluding carboxylic acids is 1. The van der Waals surface area contributed by atoms with Crippen molar-refractivity contribution in [3.05, 3.63) is 72.4 Å². The van der Waals surface area contributed by atoms with Crippen molar-refractivity contribution in [3.63, 3.8) is 0 Å². The second kappa shape index (κ2) is 5.75. The molecule has 3 aromatic rings. The molecule has 0 saturated heterocycles. The van der Waals surface area contributed by atoms with Crippen LogP contribution >= 0.6 is 0 Å². The molecule has 21 heavy (non-hydrogen) atoms. The van der Waals surface area contributed by atoms with Gasteiger partial charge in [-0.15, -0.1) is 0 Å². The van der Waals surface area contributed by atoms with E-state index >= 15 is 0 Å². The minimum Gasteiger partial charge on any atom is -0.294 e. The van der Waals surface area contributed by atoms with Crippen LogP contribution in [0.3, 0.4) is 0 Å². The van der Waals surface area contributed by atoms with Crippen LogP contribution in [0.15, 0.2) is 66.9 Å². The average Bonchev–Trinajstić information content (AvgIpc) is 3.01. The molecule has 2 aromatic carbocycles. The third-order valence-corrected chi connectivity index (χ3v) is 3.40. The molecule has 0 spiro atoms. The van der Waals surface area contributed by atoms with Gasteiger partial charge < -0.3 is 0 Å². The van der Waals surface area contributed by atoms with Gasteiger partial charge in [0.25, 0.3) is 0 Å². The van der Waals surface area contributed by atoms with Gasteiger partial charge in [0.15, 0.2) is 5.78 Å². The first-order valence-corrected chi connectivity index (χ1v) is 7.03. The van der Waals surface area contributed by atoms with Crippen molar-refractivity contribution in [1.82, 2.24) is 9.78 Å². The Morgan fingerprint density at radius 3 is 2.24 bits per heavy atom. The largest absolute Gasteiger partial charge is 0.294 e. The zero-order chi connectivity index (χ0) is 14.7. The van der Waals surface area contributed by atoms with Crippen LogP contribution in [0, 0.1) is 0 Å². The van der Waals surface area contributed by atoms with E-state index in [1.165, 1.54) is 0 Å². The predicted molar refractivity (Wildman–Crippen MR) is 83.6 cm³/mol. The SMILES string of the molecule is CCC(=O)c1cn(-c2ccccc2)nc1-c1ccccc1. The summed E-state index contributed by atoms with van der Waals surface area (Å²) in [7, 11) is 0.